The van der Waals surface area contributed by atoms with E-state index in [0.29, 0.717) is 26.2 Å². The minimum Gasteiger partial charge on any atom is -0.466 e. The van der Waals surface area contributed by atoms with Gasteiger partial charge in [0.05, 0.1) is 38.0 Å². The standard InChI is InChI=1S/C14H18Br2N2O3/c1-2-21-13(19)8-12(18-3-5-20-6-4-18)14-11(16)7-10(15)9-17-14/h7,9,12H,2-6,8H2,1H3. The maximum absolute atomic E-state index is 11.9. The van der Waals surface area contributed by atoms with Gasteiger partial charge in [0.25, 0.3) is 0 Å². The molecule has 5 nitrogen and oxygen atoms in total. The smallest absolute Gasteiger partial charge is 0.307 e. The summed E-state index contributed by atoms with van der Waals surface area (Å²) in [4.78, 5) is 18.6. The lowest BCUT2D eigenvalue weighted by Crippen LogP contribution is -2.40. The van der Waals surface area contributed by atoms with Crippen LogP contribution in [0.5, 0.6) is 0 Å². The van der Waals surface area contributed by atoms with Gasteiger partial charge in [-0.25, -0.2) is 0 Å². The van der Waals surface area contributed by atoms with Crippen LogP contribution in [-0.4, -0.2) is 48.8 Å². The summed E-state index contributed by atoms with van der Waals surface area (Å²) < 4.78 is 12.3. The van der Waals surface area contributed by atoms with Gasteiger partial charge in [0.2, 0.25) is 0 Å². The van der Waals surface area contributed by atoms with Crippen LogP contribution in [0.1, 0.15) is 25.1 Å². The zero-order chi connectivity index (χ0) is 15.2. The van der Waals surface area contributed by atoms with Crippen molar-refractivity contribution in [3.8, 4) is 0 Å². The van der Waals surface area contributed by atoms with Gasteiger partial charge >= 0.3 is 5.97 Å². The number of carbonyl (C=O) groups excluding carboxylic acids is 1. The second kappa shape index (κ2) is 8.22. The molecule has 0 bridgehead atoms. The predicted octanol–water partition coefficient (Wildman–Crippen LogP) is 2.93. The van der Waals surface area contributed by atoms with E-state index >= 15 is 0 Å². The van der Waals surface area contributed by atoms with E-state index in [1.165, 1.54) is 0 Å². The molecule has 1 aromatic rings. The van der Waals surface area contributed by atoms with Gasteiger partial charge in [0.1, 0.15) is 0 Å². The number of halogens is 2. The Hall–Kier alpha value is -0.500. The second-order valence-electron chi connectivity index (χ2n) is 4.69. The van der Waals surface area contributed by atoms with E-state index < -0.39 is 0 Å². The first-order valence-corrected chi connectivity index (χ1v) is 8.48. The van der Waals surface area contributed by atoms with E-state index in [4.69, 9.17) is 9.47 Å². The normalized spacial score (nSPS) is 17.5. The second-order valence-corrected chi connectivity index (χ2v) is 6.46. The van der Waals surface area contributed by atoms with Gasteiger partial charge in [0, 0.05) is 28.2 Å². The molecule has 1 aliphatic rings. The molecule has 0 saturated carbocycles. The molecule has 116 valence electrons. The van der Waals surface area contributed by atoms with E-state index in [0.717, 1.165) is 27.7 Å². The number of ether oxygens (including phenoxy) is 2. The molecule has 2 rings (SSSR count). The molecule has 0 spiro atoms. The van der Waals surface area contributed by atoms with Crippen LogP contribution in [0.3, 0.4) is 0 Å². The van der Waals surface area contributed by atoms with Crippen LogP contribution in [0.2, 0.25) is 0 Å². The Bertz CT molecular complexity index is 493. The van der Waals surface area contributed by atoms with Gasteiger partial charge in [-0.1, -0.05) is 0 Å². The van der Waals surface area contributed by atoms with E-state index in [2.05, 4.69) is 41.7 Å². The highest BCUT2D eigenvalue weighted by atomic mass is 79.9. The lowest BCUT2D eigenvalue weighted by molar-refractivity contribution is -0.145. The fourth-order valence-corrected chi connectivity index (χ4v) is 3.59. The molecule has 1 aromatic heterocycles. The Morgan fingerprint density at radius 2 is 2.19 bits per heavy atom. The molecule has 1 aliphatic heterocycles. The first kappa shape index (κ1) is 16.9. The van der Waals surface area contributed by atoms with Gasteiger partial charge in [-0.05, 0) is 44.8 Å². The summed E-state index contributed by atoms with van der Waals surface area (Å²) in [6.45, 7) is 5.13. The van der Waals surface area contributed by atoms with Gasteiger partial charge in [0.15, 0.2) is 0 Å². The highest BCUT2D eigenvalue weighted by molar-refractivity contribution is 9.11. The minimum atomic E-state index is -0.203. The van der Waals surface area contributed by atoms with Crippen molar-refractivity contribution in [2.75, 3.05) is 32.9 Å². The molecule has 0 amide bonds. The molecule has 1 fully saturated rings. The molecule has 1 unspecified atom stereocenters. The van der Waals surface area contributed by atoms with E-state index in [9.17, 15) is 4.79 Å². The summed E-state index contributed by atoms with van der Waals surface area (Å²) in [7, 11) is 0. The Kier molecular flexibility index (Phi) is 6.60. The Balaban J connectivity index is 2.23. The average Bonchev–Trinajstić information content (AvgIpc) is 2.47. The van der Waals surface area contributed by atoms with Crippen molar-refractivity contribution in [2.24, 2.45) is 0 Å². The quantitative estimate of drug-likeness (QED) is 0.684. The first-order chi connectivity index (χ1) is 10.1. The number of carbonyl (C=O) groups is 1. The van der Waals surface area contributed by atoms with Crippen LogP contribution in [0, 0.1) is 0 Å². The SMILES string of the molecule is CCOC(=O)CC(c1ncc(Br)cc1Br)N1CCOCC1. The Morgan fingerprint density at radius 3 is 2.81 bits per heavy atom. The van der Waals surface area contributed by atoms with Crippen molar-refractivity contribution in [1.82, 2.24) is 9.88 Å². The van der Waals surface area contributed by atoms with Gasteiger partial charge in [-0.15, -0.1) is 0 Å². The number of rotatable bonds is 5. The van der Waals surface area contributed by atoms with Crippen LogP contribution in [0.15, 0.2) is 21.2 Å². The third-order valence-electron chi connectivity index (χ3n) is 3.30. The summed E-state index contributed by atoms with van der Waals surface area (Å²) in [6.07, 6.45) is 2.04. The number of morpholine rings is 1. The topological polar surface area (TPSA) is 51.7 Å². The number of esters is 1. The summed E-state index contributed by atoms with van der Waals surface area (Å²) in [5.41, 5.74) is 0.855. The highest BCUT2D eigenvalue weighted by Gasteiger charge is 2.28. The molecule has 0 aromatic carbocycles. The fourth-order valence-electron chi connectivity index (χ4n) is 2.34. The van der Waals surface area contributed by atoms with Crippen molar-refractivity contribution in [2.45, 2.75) is 19.4 Å². The average molecular weight is 422 g/mol. The van der Waals surface area contributed by atoms with Crippen molar-refractivity contribution in [1.29, 1.82) is 0 Å². The molecule has 21 heavy (non-hydrogen) atoms. The van der Waals surface area contributed by atoms with Crippen molar-refractivity contribution < 1.29 is 14.3 Å². The van der Waals surface area contributed by atoms with Gasteiger partial charge < -0.3 is 9.47 Å². The Labute approximate surface area is 141 Å². The van der Waals surface area contributed by atoms with E-state index in [1.54, 1.807) is 6.20 Å². The minimum absolute atomic E-state index is 0.101. The maximum Gasteiger partial charge on any atom is 0.307 e. The molecule has 1 saturated heterocycles. The Morgan fingerprint density at radius 1 is 1.48 bits per heavy atom. The molecule has 0 aliphatic carbocycles. The van der Waals surface area contributed by atoms with Gasteiger partial charge in [-0.2, -0.15) is 0 Å². The summed E-state index contributed by atoms with van der Waals surface area (Å²) in [5.74, 6) is -0.203. The van der Waals surface area contributed by atoms with Crippen LogP contribution < -0.4 is 0 Å². The third kappa shape index (κ3) is 4.74. The molecule has 1 atom stereocenters. The van der Waals surface area contributed by atoms with Crippen molar-refractivity contribution >= 4 is 37.8 Å². The molecule has 0 N–H and O–H groups in total. The first-order valence-electron chi connectivity index (χ1n) is 6.90. The molecular weight excluding hydrogens is 404 g/mol. The lowest BCUT2D eigenvalue weighted by Gasteiger charge is -2.34. The van der Waals surface area contributed by atoms with Crippen molar-refractivity contribution in [3.05, 3.63) is 26.9 Å². The van der Waals surface area contributed by atoms with Crippen molar-refractivity contribution in [3.63, 3.8) is 0 Å². The number of nitrogens with zero attached hydrogens (tertiary/aromatic N) is 2. The third-order valence-corrected chi connectivity index (χ3v) is 4.37. The lowest BCUT2D eigenvalue weighted by atomic mass is 10.1. The van der Waals surface area contributed by atoms with Crippen LogP contribution >= 0.6 is 31.9 Å². The maximum atomic E-state index is 11.9. The molecule has 0 radical (unpaired) electrons. The van der Waals surface area contributed by atoms with E-state index in [1.807, 2.05) is 13.0 Å². The zero-order valence-corrected chi connectivity index (χ0v) is 15.0. The predicted molar refractivity (Wildman–Crippen MR) is 86.0 cm³/mol. The van der Waals surface area contributed by atoms with Crippen LogP contribution in [0.25, 0.3) is 0 Å². The monoisotopic (exact) mass is 420 g/mol. The van der Waals surface area contributed by atoms with Gasteiger partial charge in [-0.3, -0.25) is 14.7 Å². The summed E-state index contributed by atoms with van der Waals surface area (Å²) in [6, 6.07) is 1.84. The number of pyridine rings is 1. The summed E-state index contributed by atoms with van der Waals surface area (Å²) >= 11 is 6.94. The number of aromatic nitrogens is 1. The summed E-state index contributed by atoms with van der Waals surface area (Å²) in [5, 5.41) is 0. The molecular formula is C14H18Br2N2O3. The van der Waals surface area contributed by atoms with E-state index in [-0.39, 0.29) is 12.0 Å². The van der Waals surface area contributed by atoms with Crippen LogP contribution in [0.4, 0.5) is 0 Å². The molecule has 2 heterocycles. The molecule has 7 heteroatoms. The largest absolute Gasteiger partial charge is 0.466 e. The zero-order valence-electron chi connectivity index (χ0n) is 11.8. The number of hydrogen-bond donors (Lipinski definition) is 0. The van der Waals surface area contributed by atoms with Crippen LogP contribution in [-0.2, 0) is 14.3 Å². The number of hydrogen-bond acceptors (Lipinski definition) is 5. The highest BCUT2D eigenvalue weighted by Crippen LogP contribution is 2.31. The fraction of sp³-hybridized carbons (Fsp3) is 0.571.